The van der Waals surface area contributed by atoms with Crippen LogP contribution >= 0.6 is 0 Å². The smallest absolute Gasteiger partial charge is 0.330 e. The Hall–Kier alpha value is -2.37. The fourth-order valence-corrected chi connectivity index (χ4v) is 1.81. The minimum absolute atomic E-state index is 0.151. The maximum absolute atomic E-state index is 13.6. The fraction of sp³-hybridized carbons (Fsp3) is 0.231. The molecule has 0 saturated carbocycles. The topological polar surface area (TPSA) is 67.2 Å². The Morgan fingerprint density at radius 3 is 2.68 bits per heavy atom. The van der Waals surface area contributed by atoms with E-state index >= 15 is 0 Å². The molecule has 2 rings (SSSR count). The number of aryl methyl sites for hydroxylation is 1. The monoisotopic (exact) mass is 263 g/mol. The maximum atomic E-state index is 13.6. The lowest BCUT2D eigenvalue weighted by Crippen LogP contribution is -2.21. The number of halogens is 1. The summed E-state index contributed by atoms with van der Waals surface area (Å²) in [6, 6.07) is 4.92. The number of carboxylic acids is 1. The van der Waals surface area contributed by atoms with Gasteiger partial charge in [0.05, 0.1) is 11.9 Å². The standard InChI is InChI=1S/C13H14FN3O2/c1-8-9(7-15-17(8)2)12(13(18)19)16-11-6-4-3-5-10(11)14/h3-7,12,16H,1-2H3,(H,18,19). The number of aliphatic carboxylic acids is 1. The molecule has 0 spiro atoms. The van der Waals surface area contributed by atoms with Crippen molar-refractivity contribution in [1.82, 2.24) is 9.78 Å². The third-order valence-corrected chi connectivity index (χ3v) is 3.00. The van der Waals surface area contributed by atoms with Crippen molar-refractivity contribution in [2.75, 3.05) is 5.32 Å². The number of rotatable bonds is 4. The summed E-state index contributed by atoms with van der Waals surface area (Å²) in [5.74, 6) is -1.57. The highest BCUT2D eigenvalue weighted by Gasteiger charge is 2.24. The van der Waals surface area contributed by atoms with Gasteiger partial charge in [-0.05, 0) is 19.1 Å². The molecule has 0 radical (unpaired) electrons. The van der Waals surface area contributed by atoms with Crippen LogP contribution in [0.3, 0.4) is 0 Å². The largest absolute Gasteiger partial charge is 0.479 e. The van der Waals surface area contributed by atoms with Crippen LogP contribution < -0.4 is 5.32 Å². The molecular formula is C13H14FN3O2. The SMILES string of the molecule is Cc1c(C(Nc2ccccc2F)C(=O)O)cnn1C. The van der Waals surface area contributed by atoms with E-state index in [1.165, 1.54) is 18.3 Å². The van der Waals surface area contributed by atoms with E-state index in [1.807, 2.05) is 0 Å². The van der Waals surface area contributed by atoms with Crippen LogP contribution in [0.1, 0.15) is 17.3 Å². The zero-order valence-electron chi connectivity index (χ0n) is 10.6. The molecule has 1 heterocycles. The van der Waals surface area contributed by atoms with Crippen molar-refractivity contribution in [2.45, 2.75) is 13.0 Å². The summed E-state index contributed by atoms with van der Waals surface area (Å²) in [7, 11) is 1.72. The van der Waals surface area contributed by atoms with Gasteiger partial charge in [0.2, 0.25) is 0 Å². The number of para-hydroxylation sites is 1. The van der Waals surface area contributed by atoms with Gasteiger partial charge in [0, 0.05) is 18.3 Å². The Morgan fingerprint density at radius 2 is 2.16 bits per heavy atom. The number of nitrogens with one attached hydrogen (secondary N) is 1. The molecule has 0 aliphatic rings. The van der Waals surface area contributed by atoms with Gasteiger partial charge in [-0.25, -0.2) is 9.18 Å². The molecule has 0 saturated heterocycles. The average molecular weight is 263 g/mol. The molecule has 1 aromatic carbocycles. The Labute approximate surface area is 109 Å². The van der Waals surface area contributed by atoms with Crippen molar-refractivity contribution < 1.29 is 14.3 Å². The maximum Gasteiger partial charge on any atom is 0.330 e. The van der Waals surface area contributed by atoms with Crippen molar-refractivity contribution in [3.05, 3.63) is 47.5 Å². The molecule has 1 aromatic heterocycles. The molecule has 100 valence electrons. The fourth-order valence-electron chi connectivity index (χ4n) is 1.81. The van der Waals surface area contributed by atoms with Gasteiger partial charge in [-0.2, -0.15) is 5.10 Å². The quantitative estimate of drug-likeness (QED) is 0.886. The number of benzene rings is 1. The van der Waals surface area contributed by atoms with Crippen LogP contribution in [0.15, 0.2) is 30.5 Å². The van der Waals surface area contributed by atoms with Crippen molar-refractivity contribution in [2.24, 2.45) is 7.05 Å². The van der Waals surface area contributed by atoms with Gasteiger partial charge in [0.15, 0.2) is 6.04 Å². The molecule has 0 fully saturated rings. The predicted octanol–water partition coefficient (Wildman–Crippen LogP) is 2.11. The highest BCUT2D eigenvalue weighted by molar-refractivity contribution is 5.79. The molecule has 0 aliphatic heterocycles. The minimum atomic E-state index is -1.08. The molecule has 0 bridgehead atoms. The molecule has 19 heavy (non-hydrogen) atoms. The van der Waals surface area contributed by atoms with E-state index in [9.17, 15) is 14.3 Å². The summed E-state index contributed by atoms with van der Waals surface area (Å²) in [6.45, 7) is 1.77. The number of carboxylic acid groups (broad SMARTS) is 1. The summed E-state index contributed by atoms with van der Waals surface area (Å²) < 4.78 is 15.1. The van der Waals surface area contributed by atoms with Gasteiger partial charge >= 0.3 is 5.97 Å². The molecular weight excluding hydrogens is 249 g/mol. The lowest BCUT2D eigenvalue weighted by molar-refractivity contribution is -0.138. The van der Waals surface area contributed by atoms with Gasteiger partial charge in [-0.1, -0.05) is 12.1 Å². The number of hydrogen-bond donors (Lipinski definition) is 2. The van der Waals surface area contributed by atoms with E-state index in [2.05, 4.69) is 10.4 Å². The summed E-state index contributed by atoms with van der Waals surface area (Å²) in [5.41, 5.74) is 1.38. The van der Waals surface area contributed by atoms with Gasteiger partial charge < -0.3 is 10.4 Å². The van der Waals surface area contributed by atoms with Crippen molar-refractivity contribution in [3.8, 4) is 0 Å². The highest BCUT2D eigenvalue weighted by Crippen LogP contribution is 2.24. The highest BCUT2D eigenvalue weighted by atomic mass is 19.1. The van der Waals surface area contributed by atoms with Gasteiger partial charge in [-0.3, -0.25) is 4.68 Å². The lowest BCUT2D eigenvalue weighted by atomic mass is 10.1. The van der Waals surface area contributed by atoms with Gasteiger partial charge in [0.25, 0.3) is 0 Å². The number of aromatic nitrogens is 2. The van der Waals surface area contributed by atoms with Gasteiger partial charge in [-0.15, -0.1) is 0 Å². The zero-order valence-corrected chi connectivity index (χ0v) is 10.6. The number of nitrogens with zero attached hydrogens (tertiary/aromatic N) is 2. The summed E-state index contributed by atoms with van der Waals surface area (Å²) >= 11 is 0. The van der Waals surface area contributed by atoms with Crippen LogP contribution in [0.5, 0.6) is 0 Å². The summed E-state index contributed by atoms with van der Waals surface area (Å²) in [4.78, 5) is 11.4. The summed E-state index contributed by atoms with van der Waals surface area (Å²) in [5, 5.41) is 16.0. The van der Waals surface area contributed by atoms with Gasteiger partial charge in [0.1, 0.15) is 5.82 Å². The molecule has 0 aliphatic carbocycles. The molecule has 0 amide bonds. The molecule has 2 N–H and O–H groups in total. The predicted molar refractivity (Wildman–Crippen MR) is 68.3 cm³/mol. The third kappa shape index (κ3) is 2.57. The number of carbonyl (C=O) groups is 1. The van der Waals surface area contributed by atoms with Crippen LogP contribution in [0.2, 0.25) is 0 Å². The van der Waals surface area contributed by atoms with Crippen LogP contribution in [0.4, 0.5) is 10.1 Å². The van der Waals surface area contributed by atoms with E-state index < -0.39 is 17.8 Å². The Bertz CT molecular complexity index is 610. The normalized spacial score (nSPS) is 12.2. The van der Waals surface area contributed by atoms with E-state index in [0.717, 1.165) is 5.69 Å². The summed E-state index contributed by atoms with van der Waals surface area (Å²) in [6.07, 6.45) is 1.47. The van der Waals surface area contributed by atoms with Crippen molar-refractivity contribution >= 4 is 11.7 Å². The first-order valence-corrected chi connectivity index (χ1v) is 5.73. The molecule has 2 aromatic rings. The molecule has 6 heteroatoms. The second-order valence-electron chi connectivity index (χ2n) is 4.20. The second kappa shape index (κ2) is 5.09. The molecule has 1 unspecified atom stereocenters. The van der Waals surface area contributed by atoms with E-state index in [0.29, 0.717) is 5.56 Å². The Kier molecular flexibility index (Phi) is 3.50. The van der Waals surface area contributed by atoms with E-state index in [-0.39, 0.29) is 5.69 Å². The van der Waals surface area contributed by atoms with Crippen LogP contribution in [0.25, 0.3) is 0 Å². The first kappa shape index (κ1) is 13.1. The van der Waals surface area contributed by atoms with Crippen LogP contribution in [-0.4, -0.2) is 20.9 Å². The van der Waals surface area contributed by atoms with Crippen LogP contribution in [-0.2, 0) is 11.8 Å². The number of anilines is 1. The van der Waals surface area contributed by atoms with Crippen molar-refractivity contribution in [3.63, 3.8) is 0 Å². The first-order chi connectivity index (χ1) is 9.00. The Balaban J connectivity index is 2.35. The molecule has 1 atom stereocenters. The average Bonchev–Trinajstić information content (AvgIpc) is 2.69. The third-order valence-electron chi connectivity index (χ3n) is 3.00. The first-order valence-electron chi connectivity index (χ1n) is 5.73. The zero-order chi connectivity index (χ0) is 14.0. The van der Waals surface area contributed by atoms with E-state index in [1.54, 1.807) is 30.8 Å². The van der Waals surface area contributed by atoms with Crippen LogP contribution in [0, 0.1) is 12.7 Å². The second-order valence-corrected chi connectivity index (χ2v) is 4.20. The lowest BCUT2D eigenvalue weighted by Gasteiger charge is -2.16. The van der Waals surface area contributed by atoms with E-state index in [4.69, 9.17) is 0 Å². The minimum Gasteiger partial charge on any atom is -0.479 e. The molecule has 5 nitrogen and oxygen atoms in total. The number of hydrogen-bond acceptors (Lipinski definition) is 3. The Morgan fingerprint density at radius 1 is 1.47 bits per heavy atom. The van der Waals surface area contributed by atoms with Crippen molar-refractivity contribution in [1.29, 1.82) is 0 Å².